The average Bonchev–Trinajstić information content (AvgIpc) is 3.11. The Bertz CT molecular complexity index is 577. The Morgan fingerprint density at radius 1 is 1.46 bits per heavy atom. The van der Waals surface area contributed by atoms with Crippen molar-refractivity contribution in [3.63, 3.8) is 0 Å². The highest BCUT2D eigenvalue weighted by atomic mass is 16.6. The zero-order chi connectivity index (χ0) is 17.7. The number of hydrogen-bond acceptors (Lipinski definition) is 4. The minimum absolute atomic E-state index is 0.240. The highest BCUT2D eigenvalue weighted by molar-refractivity contribution is 5.88. The maximum atomic E-state index is 12.0. The number of hydrogen-bond donors (Lipinski definition) is 3. The molecule has 1 aromatic heterocycles. The minimum Gasteiger partial charge on any atom is -0.478 e. The number of carboxylic acids is 1. The van der Waals surface area contributed by atoms with Gasteiger partial charge in [-0.25, -0.2) is 9.59 Å². The summed E-state index contributed by atoms with van der Waals surface area (Å²) in [6.45, 7) is 8.35. The van der Waals surface area contributed by atoms with Gasteiger partial charge >= 0.3 is 12.1 Å². The number of carbonyl (C=O) groups is 2. The number of ether oxygens (including phenoxy) is 1. The maximum absolute atomic E-state index is 12.0. The molecule has 134 valence electrons. The molecule has 2 heterocycles. The van der Waals surface area contributed by atoms with E-state index in [4.69, 9.17) is 9.84 Å². The van der Waals surface area contributed by atoms with Gasteiger partial charge in [-0.1, -0.05) is 0 Å². The quantitative estimate of drug-likeness (QED) is 0.693. The molecule has 1 atom stereocenters. The lowest BCUT2D eigenvalue weighted by atomic mass is 10.1. The smallest absolute Gasteiger partial charge is 0.410 e. The van der Waals surface area contributed by atoms with E-state index in [1.54, 1.807) is 17.2 Å². The van der Waals surface area contributed by atoms with Crippen LogP contribution in [-0.2, 0) is 11.3 Å². The number of aromatic amines is 1. The fourth-order valence-electron chi connectivity index (χ4n) is 2.83. The van der Waals surface area contributed by atoms with E-state index >= 15 is 0 Å². The second-order valence-corrected chi connectivity index (χ2v) is 7.22. The molecule has 1 aromatic rings. The average molecular weight is 337 g/mol. The molecule has 7 nitrogen and oxygen atoms in total. The number of nitrogens with one attached hydrogen (secondary N) is 2. The summed E-state index contributed by atoms with van der Waals surface area (Å²) in [5.74, 6) is -0.468. The van der Waals surface area contributed by atoms with Gasteiger partial charge < -0.3 is 25.0 Å². The number of carbonyl (C=O) groups excluding carboxylic acids is 1. The van der Waals surface area contributed by atoms with Crippen molar-refractivity contribution in [2.24, 2.45) is 5.92 Å². The van der Waals surface area contributed by atoms with Gasteiger partial charge in [0.25, 0.3) is 0 Å². The van der Waals surface area contributed by atoms with Crippen LogP contribution in [-0.4, -0.2) is 52.3 Å². The highest BCUT2D eigenvalue weighted by Gasteiger charge is 2.29. The predicted molar refractivity (Wildman–Crippen MR) is 90.0 cm³/mol. The third-order valence-electron chi connectivity index (χ3n) is 4.03. The topological polar surface area (TPSA) is 94.7 Å². The summed E-state index contributed by atoms with van der Waals surface area (Å²) in [4.78, 5) is 27.8. The zero-order valence-corrected chi connectivity index (χ0v) is 14.6. The van der Waals surface area contributed by atoms with Gasteiger partial charge in [0.1, 0.15) is 5.60 Å². The summed E-state index contributed by atoms with van der Waals surface area (Å²) < 4.78 is 5.39. The van der Waals surface area contributed by atoms with Crippen LogP contribution in [0.1, 0.15) is 49.7 Å². The lowest BCUT2D eigenvalue weighted by molar-refractivity contribution is 0.0287. The van der Waals surface area contributed by atoms with Gasteiger partial charge in [0.05, 0.1) is 5.56 Å². The second kappa shape index (κ2) is 7.70. The first-order valence-electron chi connectivity index (χ1n) is 8.34. The molecule has 0 saturated carbocycles. The Labute approximate surface area is 142 Å². The van der Waals surface area contributed by atoms with Crippen LogP contribution in [0.5, 0.6) is 0 Å². The molecular weight excluding hydrogens is 310 g/mol. The molecule has 0 spiro atoms. The Kier molecular flexibility index (Phi) is 5.88. The fourth-order valence-corrected chi connectivity index (χ4v) is 2.83. The van der Waals surface area contributed by atoms with Crippen molar-refractivity contribution < 1.29 is 19.4 Å². The number of aromatic carboxylic acids is 1. The molecule has 0 bridgehead atoms. The van der Waals surface area contributed by atoms with Crippen LogP contribution < -0.4 is 5.32 Å². The zero-order valence-electron chi connectivity index (χ0n) is 14.6. The van der Waals surface area contributed by atoms with Gasteiger partial charge in [0, 0.05) is 31.5 Å². The predicted octanol–water partition coefficient (Wildman–Crippen LogP) is 2.45. The van der Waals surface area contributed by atoms with Gasteiger partial charge in [-0.05, 0) is 52.1 Å². The van der Waals surface area contributed by atoms with Crippen LogP contribution in [0, 0.1) is 5.92 Å². The summed E-state index contributed by atoms with van der Waals surface area (Å²) in [6, 6.07) is 1.56. The van der Waals surface area contributed by atoms with Gasteiger partial charge in [-0.15, -0.1) is 0 Å². The Morgan fingerprint density at radius 3 is 2.88 bits per heavy atom. The second-order valence-electron chi connectivity index (χ2n) is 7.22. The van der Waals surface area contributed by atoms with Crippen molar-refractivity contribution in [3.05, 3.63) is 23.5 Å². The van der Waals surface area contributed by atoms with Crippen molar-refractivity contribution in [1.82, 2.24) is 15.2 Å². The number of nitrogens with zero attached hydrogens (tertiary/aromatic N) is 1. The van der Waals surface area contributed by atoms with E-state index in [9.17, 15) is 9.59 Å². The first-order valence-corrected chi connectivity index (χ1v) is 8.34. The highest BCUT2D eigenvalue weighted by Crippen LogP contribution is 2.21. The number of rotatable bonds is 6. The summed E-state index contributed by atoms with van der Waals surface area (Å²) in [6.07, 6.45) is 3.32. The van der Waals surface area contributed by atoms with Crippen LogP contribution in [0.3, 0.4) is 0 Å². The van der Waals surface area contributed by atoms with Crippen molar-refractivity contribution in [1.29, 1.82) is 0 Å². The maximum Gasteiger partial charge on any atom is 0.410 e. The van der Waals surface area contributed by atoms with Crippen LogP contribution in [0.25, 0.3) is 0 Å². The van der Waals surface area contributed by atoms with E-state index in [0.29, 0.717) is 23.7 Å². The van der Waals surface area contributed by atoms with E-state index in [-0.39, 0.29) is 6.09 Å². The van der Waals surface area contributed by atoms with Gasteiger partial charge in [0.2, 0.25) is 0 Å². The number of amides is 1. The lowest BCUT2D eigenvalue weighted by Gasteiger charge is -2.24. The van der Waals surface area contributed by atoms with Crippen LogP contribution in [0.2, 0.25) is 0 Å². The molecule has 2 rings (SSSR count). The molecule has 3 N–H and O–H groups in total. The van der Waals surface area contributed by atoms with E-state index in [2.05, 4.69) is 10.3 Å². The summed E-state index contributed by atoms with van der Waals surface area (Å²) >= 11 is 0. The molecule has 1 aliphatic heterocycles. The minimum atomic E-state index is -0.920. The molecule has 1 aliphatic rings. The molecule has 1 unspecified atom stereocenters. The molecule has 1 saturated heterocycles. The monoisotopic (exact) mass is 337 g/mol. The van der Waals surface area contributed by atoms with Gasteiger partial charge in [-0.3, -0.25) is 0 Å². The Hall–Kier alpha value is -2.02. The molecule has 1 fully saturated rings. The van der Waals surface area contributed by atoms with E-state index in [1.807, 2.05) is 20.8 Å². The van der Waals surface area contributed by atoms with E-state index in [0.717, 1.165) is 32.5 Å². The standard InChI is InChI=1S/C17H27N3O4/c1-17(2,3)24-16(23)20-9-6-12(11-20)4-7-18-10-14-13(15(21)22)5-8-19-14/h5,8,12,18-19H,4,6-7,9-11H2,1-3H3,(H,21,22). The molecule has 1 amide bonds. The van der Waals surface area contributed by atoms with Gasteiger partial charge in [0.15, 0.2) is 0 Å². The summed E-state index contributed by atoms with van der Waals surface area (Å²) in [5, 5.41) is 12.3. The molecule has 0 radical (unpaired) electrons. The molecule has 0 aliphatic carbocycles. The fraction of sp³-hybridized carbons (Fsp3) is 0.647. The first kappa shape index (κ1) is 18.3. The molecule has 7 heteroatoms. The van der Waals surface area contributed by atoms with Crippen molar-refractivity contribution in [3.8, 4) is 0 Å². The van der Waals surface area contributed by atoms with Crippen LogP contribution in [0.4, 0.5) is 4.79 Å². The number of likely N-dealkylation sites (tertiary alicyclic amines) is 1. The third-order valence-corrected chi connectivity index (χ3v) is 4.03. The number of carboxylic acid groups (broad SMARTS) is 1. The molecular formula is C17H27N3O4. The van der Waals surface area contributed by atoms with Crippen molar-refractivity contribution in [2.45, 2.75) is 45.8 Å². The van der Waals surface area contributed by atoms with Crippen LogP contribution >= 0.6 is 0 Å². The Balaban J connectivity index is 1.68. The summed E-state index contributed by atoms with van der Waals surface area (Å²) in [5.41, 5.74) is 0.526. The SMILES string of the molecule is CC(C)(C)OC(=O)N1CCC(CCNCc2[nH]ccc2C(=O)O)C1. The first-order chi connectivity index (χ1) is 11.3. The van der Waals surface area contributed by atoms with E-state index in [1.165, 1.54) is 0 Å². The summed E-state index contributed by atoms with van der Waals surface area (Å²) in [7, 11) is 0. The number of aromatic nitrogens is 1. The molecule has 24 heavy (non-hydrogen) atoms. The largest absolute Gasteiger partial charge is 0.478 e. The number of H-pyrrole nitrogens is 1. The van der Waals surface area contributed by atoms with Gasteiger partial charge in [-0.2, -0.15) is 0 Å². The van der Waals surface area contributed by atoms with E-state index < -0.39 is 11.6 Å². The molecule has 0 aromatic carbocycles. The van der Waals surface area contributed by atoms with Crippen molar-refractivity contribution >= 4 is 12.1 Å². The Morgan fingerprint density at radius 2 is 2.21 bits per heavy atom. The van der Waals surface area contributed by atoms with Crippen molar-refractivity contribution in [2.75, 3.05) is 19.6 Å². The van der Waals surface area contributed by atoms with Crippen LogP contribution in [0.15, 0.2) is 12.3 Å². The lowest BCUT2D eigenvalue weighted by Crippen LogP contribution is -2.35. The normalized spacial score (nSPS) is 18.0. The third kappa shape index (κ3) is 5.26.